The Bertz CT molecular complexity index is 758. The van der Waals surface area contributed by atoms with Crippen molar-refractivity contribution < 1.29 is 9.53 Å². The molecule has 0 atom stereocenters. The van der Waals surface area contributed by atoms with E-state index in [4.69, 9.17) is 4.74 Å². The van der Waals surface area contributed by atoms with Crippen molar-refractivity contribution >= 4 is 11.6 Å². The Morgan fingerprint density at radius 1 is 1.04 bits per heavy atom. The summed E-state index contributed by atoms with van der Waals surface area (Å²) in [6.07, 6.45) is 0. The van der Waals surface area contributed by atoms with E-state index in [0.717, 1.165) is 11.4 Å². The molecule has 1 heterocycles. The SMILES string of the molecule is O=C(Cn1nnc(COc2ccccc2)n1)Nc1ccccc1. The summed E-state index contributed by atoms with van der Waals surface area (Å²) in [6, 6.07) is 18.6. The van der Waals surface area contributed by atoms with Crippen molar-refractivity contribution in [3.63, 3.8) is 0 Å². The molecule has 0 saturated heterocycles. The number of hydrogen-bond acceptors (Lipinski definition) is 5. The van der Waals surface area contributed by atoms with Crippen LogP contribution in [0.3, 0.4) is 0 Å². The number of ether oxygens (including phenoxy) is 1. The predicted octanol–water partition coefficient (Wildman–Crippen LogP) is 1.89. The third kappa shape index (κ3) is 4.37. The molecule has 0 radical (unpaired) electrons. The van der Waals surface area contributed by atoms with Gasteiger partial charge < -0.3 is 10.1 Å². The summed E-state index contributed by atoms with van der Waals surface area (Å²) in [4.78, 5) is 13.1. The van der Waals surface area contributed by atoms with Crippen LogP contribution < -0.4 is 10.1 Å². The van der Waals surface area contributed by atoms with E-state index < -0.39 is 0 Å². The summed E-state index contributed by atoms with van der Waals surface area (Å²) in [5, 5.41) is 14.6. The summed E-state index contributed by atoms with van der Waals surface area (Å²) in [5.41, 5.74) is 0.727. The number of para-hydroxylation sites is 2. The van der Waals surface area contributed by atoms with Crippen LogP contribution in [0, 0.1) is 0 Å². The fourth-order valence-corrected chi connectivity index (χ4v) is 1.92. The van der Waals surface area contributed by atoms with Crippen LogP contribution in [0.15, 0.2) is 60.7 Å². The number of benzene rings is 2. The molecule has 0 aliphatic carbocycles. The summed E-state index contributed by atoms with van der Waals surface area (Å²) in [5.74, 6) is 0.927. The van der Waals surface area contributed by atoms with Crippen molar-refractivity contribution in [3.05, 3.63) is 66.5 Å². The largest absolute Gasteiger partial charge is 0.485 e. The van der Waals surface area contributed by atoms with Crippen LogP contribution in [0.5, 0.6) is 5.75 Å². The topological polar surface area (TPSA) is 81.9 Å². The van der Waals surface area contributed by atoms with Gasteiger partial charge in [0.25, 0.3) is 0 Å². The highest BCUT2D eigenvalue weighted by Gasteiger charge is 2.08. The zero-order valence-electron chi connectivity index (χ0n) is 12.3. The molecule has 7 heteroatoms. The highest BCUT2D eigenvalue weighted by atomic mass is 16.5. The Morgan fingerprint density at radius 2 is 1.74 bits per heavy atom. The second kappa shape index (κ2) is 7.17. The molecule has 0 unspecified atom stereocenters. The van der Waals surface area contributed by atoms with Crippen LogP contribution >= 0.6 is 0 Å². The van der Waals surface area contributed by atoms with Crippen molar-refractivity contribution in [2.24, 2.45) is 0 Å². The minimum absolute atomic E-state index is 0.00672. The Kier molecular flexibility index (Phi) is 4.58. The molecule has 0 saturated carbocycles. The van der Waals surface area contributed by atoms with Gasteiger partial charge in [-0.15, -0.1) is 10.2 Å². The van der Waals surface area contributed by atoms with E-state index >= 15 is 0 Å². The molecule has 2 aromatic carbocycles. The molecule has 23 heavy (non-hydrogen) atoms. The van der Waals surface area contributed by atoms with Gasteiger partial charge in [-0.2, -0.15) is 4.80 Å². The smallest absolute Gasteiger partial charge is 0.248 e. The summed E-state index contributed by atoms with van der Waals surface area (Å²) >= 11 is 0. The first kappa shape index (κ1) is 14.7. The zero-order valence-corrected chi connectivity index (χ0v) is 12.3. The standard InChI is InChI=1S/C16H15N5O2/c22-16(17-13-7-3-1-4-8-13)11-21-19-15(18-20-21)12-23-14-9-5-2-6-10-14/h1-10H,11-12H2,(H,17,22). The van der Waals surface area contributed by atoms with Gasteiger partial charge in [0.2, 0.25) is 11.7 Å². The van der Waals surface area contributed by atoms with E-state index in [1.165, 1.54) is 4.80 Å². The van der Waals surface area contributed by atoms with Gasteiger partial charge in [0.1, 0.15) is 12.3 Å². The quantitative estimate of drug-likeness (QED) is 0.752. The average Bonchev–Trinajstić information content (AvgIpc) is 3.02. The highest BCUT2D eigenvalue weighted by Crippen LogP contribution is 2.09. The lowest BCUT2D eigenvalue weighted by Crippen LogP contribution is -2.20. The van der Waals surface area contributed by atoms with Gasteiger partial charge in [0.05, 0.1) is 0 Å². The van der Waals surface area contributed by atoms with Crippen molar-refractivity contribution in [3.8, 4) is 5.75 Å². The third-order valence-electron chi connectivity index (χ3n) is 2.95. The van der Waals surface area contributed by atoms with Crippen molar-refractivity contribution in [1.82, 2.24) is 20.2 Å². The molecule has 0 spiro atoms. The van der Waals surface area contributed by atoms with Crippen LogP contribution in [-0.2, 0) is 17.9 Å². The fourth-order valence-electron chi connectivity index (χ4n) is 1.92. The maximum Gasteiger partial charge on any atom is 0.248 e. The molecular weight excluding hydrogens is 294 g/mol. The molecule has 0 fully saturated rings. The minimum Gasteiger partial charge on any atom is -0.485 e. The van der Waals surface area contributed by atoms with E-state index in [0.29, 0.717) is 5.82 Å². The molecule has 116 valence electrons. The number of carbonyl (C=O) groups excluding carboxylic acids is 1. The van der Waals surface area contributed by atoms with E-state index in [1.807, 2.05) is 60.7 Å². The highest BCUT2D eigenvalue weighted by molar-refractivity contribution is 5.90. The second-order valence-electron chi connectivity index (χ2n) is 4.75. The number of hydrogen-bond donors (Lipinski definition) is 1. The molecule has 0 aliphatic heterocycles. The number of rotatable bonds is 6. The average molecular weight is 309 g/mol. The van der Waals surface area contributed by atoms with Crippen LogP contribution in [0.1, 0.15) is 5.82 Å². The number of nitrogens with one attached hydrogen (secondary N) is 1. The molecule has 1 aromatic heterocycles. The van der Waals surface area contributed by atoms with Gasteiger partial charge in [-0.1, -0.05) is 36.4 Å². The number of carbonyl (C=O) groups is 1. The van der Waals surface area contributed by atoms with Gasteiger partial charge in [-0.05, 0) is 29.5 Å². The number of tetrazole rings is 1. The van der Waals surface area contributed by atoms with Gasteiger partial charge >= 0.3 is 0 Å². The van der Waals surface area contributed by atoms with Gasteiger partial charge in [-0.3, -0.25) is 4.79 Å². The normalized spacial score (nSPS) is 10.3. The van der Waals surface area contributed by atoms with Crippen LogP contribution in [0.4, 0.5) is 5.69 Å². The summed E-state index contributed by atoms with van der Waals surface area (Å²) in [6.45, 7) is 0.192. The molecule has 1 N–H and O–H groups in total. The van der Waals surface area contributed by atoms with Crippen molar-refractivity contribution in [2.75, 3.05) is 5.32 Å². The van der Waals surface area contributed by atoms with E-state index in [2.05, 4.69) is 20.7 Å². The monoisotopic (exact) mass is 309 g/mol. The molecule has 3 aromatic rings. The van der Waals surface area contributed by atoms with Crippen LogP contribution in [0.2, 0.25) is 0 Å². The summed E-state index contributed by atoms with van der Waals surface area (Å²) in [7, 11) is 0. The second-order valence-corrected chi connectivity index (χ2v) is 4.75. The number of anilines is 1. The third-order valence-corrected chi connectivity index (χ3v) is 2.95. The Balaban J connectivity index is 1.52. The lowest BCUT2D eigenvalue weighted by Gasteiger charge is -2.03. The molecular formula is C16H15N5O2. The maximum atomic E-state index is 11.9. The Labute approximate surface area is 132 Å². The first-order chi connectivity index (χ1) is 11.3. The summed E-state index contributed by atoms with van der Waals surface area (Å²) < 4.78 is 5.53. The van der Waals surface area contributed by atoms with E-state index in [1.54, 1.807) is 0 Å². The number of amides is 1. The van der Waals surface area contributed by atoms with Gasteiger partial charge in [0.15, 0.2) is 6.61 Å². The maximum absolute atomic E-state index is 11.9. The van der Waals surface area contributed by atoms with Gasteiger partial charge in [0, 0.05) is 5.69 Å². The number of aromatic nitrogens is 4. The molecule has 7 nitrogen and oxygen atoms in total. The van der Waals surface area contributed by atoms with E-state index in [-0.39, 0.29) is 19.1 Å². The Morgan fingerprint density at radius 3 is 2.48 bits per heavy atom. The first-order valence-corrected chi connectivity index (χ1v) is 7.09. The molecule has 0 aliphatic rings. The minimum atomic E-state index is -0.218. The van der Waals surface area contributed by atoms with Gasteiger partial charge in [-0.25, -0.2) is 0 Å². The number of nitrogens with zero attached hydrogens (tertiary/aromatic N) is 4. The van der Waals surface area contributed by atoms with E-state index in [9.17, 15) is 4.79 Å². The first-order valence-electron chi connectivity index (χ1n) is 7.09. The predicted molar refractivity (Wildman–Crippen MR) is 83.7 cm³/mol. The van der Waals surface area contributed by atoms with Crippen molar-refractivity contribution in [1.29, 1.82) is 0 Å². The van der Waals surface area contributed by atoms with Crippen LogP contribution in [-0.4, -0.2) is 26.1 Å². The molecule has 0 bridgehead atoms. The lowest BCUT2D eigenvalue weighted by molar-refractivity contribution is -0.117. The Hall–Kier alpha value is -3.22. The molecule has 1 amide bonds. The molecule has 3 rings (SSSR count). The zero-order chi connectivity index (χ0) is 15.9. The van der Waals surface area contributed by atoms with Crippen molar-refractivity contribution in [2.45, 2.75) is 13.2 Å². The lowest BCUT2D eigenvalue weighted by atomic mass is 10.3. The fraction of sp³-hybridized carbons (Fsp3) is 0.125. The van der Waals surface area contributed by atoms with Crippen LogP contribution in [0.25, 0.3) is 0 Å².